The molecule has 1 aromatic carbocycles. The van der Waals surface area contributed by atoms with Gasteiger partial charge in [-0.05, 0) is 54.9 Å². The molecule has 4 rings (SSSR count). The SMILES string of the molecule is O=C(N[C@H](c1ccc2c(c1)CCO2)C1CC(O)C1)C(=O)N1CCCC1. The molecule has 1 aromatic rings. The van der Waals surface area contributed by atoms with Crippen LogP contribution in [0, 0.1) is 5.92 Å². The van der Waals surface area contributed by atoms with Gasteiger partial charge in [0.05, 0.1) is 18.8 Å². The Bertz CT molecular complexity index is 678. The number of hydrogen-bond acceptors (Lipinski definition) is 4. The predicted octanol–water partition coefficient (Wildman–Crippen LogP) is 1.17. The highest BCUT2D eigenvalue weighted by atomic mass is 16.5. The average Bonchev–Trinajstić information content (AvgIpc) is 3.26. The van der Waals surface area contributed by atoms with E-state index in [9.17, 15) is 14.7 Å². The topological polar surface area (TPSA) is 78.9 Å². The monoisotopic (exact) mass is 344 g/mol. The first-order chi connectivity index (χ1) is 12.1. The van der Waals surface area contributed by atoms with Gasteiger partial charge in [0.2, 0.25) is 0 Å². The van der Waals surface area contributed by atoms with Crippen LogP contribution in [0.4, 0.5) is 0 Å². The number of nitrogens with one attached hydrogen (secondary N) is 1. The van der Waals surface area contributed by atoms with Crippen LogP contribution in [0.2, 0.25) is 0 Å². The van der Waals surface area contributed by atoms with Crippen molar-refractivity contribution >= 4 is 11.8 Å². The number of carbonyl (C=O) groups is 2. The number of likely N-dealkylation sites (tertiary alicyclic amines) is 1. The second-order valence-corrected chi connectivity index (χ2v) is 7.30. The van der Waals surface area contributed by atoms with Crippen LogP contribution in [0.3, 0.4) is 0 Å². The average molecular weight is 344 g/mol. The lowest BCUT2D eigenvalue weighted by Crippen LogP contribution is -2.47. The van der Waals surface area contributed by atoms with E-state index in [4.69, 9.17) is 4.74 Å². The summed E-state index contributed by atoms with van der Waals surface area (Å²) in [6.45, 7) is 2.01. The molecule has 134 valence electrons. The van der Waals surface area contributed by atoms with Crippen molar-refractivity contribution < 1.29 is 19.4 Å². The van der Waals surface area contributed by atoms with Gasteiger partial charge in [-0.15, -0.1) is 0 Å². The second-order valence-electron chi connectivity index (χ2n) is 7.30. The van der Waals surface area contributed by atoms with E-state index in [0.717, 1.165) is 36.1 Å². The van der Waals surface area contributed by atoms with Crippen LogP contribution in [-0.4, -0.2) is 47.6 Å². The molecule has 1 saturated heterocycles. The maximum atomic E-state index is 12.5. The van der Waals surface area contributed by atoms with E-state index >= 15 is 0 Å². The minimum atomic E-state index is -0.537. The molecular formula is C19H24N2O4. The van der Waals surface area contributed by atoms with Gasteiger partial charge in [0.1, 0.15) is 5.75 Å². The highest BCUT2D eigenvalue weighted by Crippen LogP contribution is 2.39. The lowest BCUT2D eigenvalue weighted by atomic mass is 9.75. The largest absolute Gasteiger partial charge is 0.493 e. The Kier molecular flexibility index (Phi) is 4.37. The summed E-state index contributed by atoms with van der Waals surface area (Å²) < 4.78 is 5.55. The summed E-state index contributed by atoms with van der Waals surface area (Å²) in [4.78, 5) is 26.4. The smallest absolute Gasteiger partial charge is 0.311 e. The van der Waals surface area contributed by atoms with Crippen LogP contribution in [0.25, 0.3) is 0 Å². The Hall–Kier alpha value is -2.08. The molecule has 0 unspecified atom stereocenters. The first-order valence-electron chi connectivity index (χ1n) is 9.15. The molecule has 6 nitrogen and oxygen atoms in total. The fraction of sp³-hybridized carbons (Fsp3) is 0.579. The van der Waals surface area contributed by atoms with Crippen LogP contribution < -0.4 is 10.1 Å². The number of hydrogen-bond donors (Lipinski definition) is 2. The number of ether oxygens (including phenoxy) is 1. The van der Waals surface area contributed by atoms with E-state index in [-0.39, 0.29) is 18.1 Å². The summed E-state index contributed by atoms with van der Waals surface area (Å²) in [5.41, 5.74) is 2.13. The lowest BCUT2D eigenvalue weighted by molar-refractivity contribution is -0.146. The predicted molar refractivity (Wildman–Crippen MR) is 91.1 cm³/mol. The first-order valence-corrected chi connectivity index (χ1v) is 9.15. The molecular weight excluding hydrogens is 320 g/mol. The zero-order valence-electron chi connectivity index (χ0n) is 14.2. The standard InChI is InChI=1S/C19H24N2O4/c22-15-10-14(11-15)17(13-3-4-16-12(9-13)5-8-25-16)20-18(23)19(24)21-6-1-2-7-21/h3-4,9,14-15,17,22H,1-2,5-8,10-11H2,(H,20,23)/t14?,15?,17-/m1/s1. The molecule has 1 atom stereocenters. The molecule has 2 fully saturated rings. The van der Waals surface area contributed by atoms with E-state index in [0.29, 0.717) is 32.5 Å². The number of aliphatic hydroxyl groups is 1. The first kappa shape index (κ1) is 16.4. The molecule has 0 spiro atoms. The third-order valence-electron chi connectivity index (χ3n) is 5.57. The minimum Gasteiger partial charge on any atom is -0.493 e. The molecule has 1 saturated carbocycles. The van der Waals surface area contributed by atoms with Crippen LogP contribution in [-0.2, 0) is 16.0 Å². The van der Waals surface area contributed by atoms with Gasteiger partial charge in [0.25, 0.3) is 0 Å². The normalized spacial score (nSPS) is 25.7. The molecule has 2 heterocycles. The van der Waals surface area contributed by atoms with Gasteiger partial charge < -0.3 is 20.1 Å². The molecule has 0 bridgehead atoms. The molecule has 0 radical (unpaired) electrons. The Labute approximate surface area is 147 Å². The van der Waals surface area contributed by atoms with Crippen LogP contribution in [0.1, 0.15) is 42.9 Å². The third-order valence-corrected chi connectivity index (χ3v) is 5.57. The Morgan fingerprint density at radius 2 is 2.00 bits per heavy atom. The van der Waals surface area contributed by atoms with Crippen molar-refractivity contribution in [2.45, 2.75) is 44.2 Å². The summed E-state index contributed by atoms with van der Waals surface area (Å²) in [5, 5.41) is 12.6. The second kappa shape index (κ2) is 6.67. The van der Waals surface area contributed by atoms with Gasteiger partial charge in [0, 0.05) is 19.5 Å². The number of aliphatic hydroxyl groups excluding tert-OH is 1. The van der Waals surface area contributed by atoms with Crippen molar-refractivity contribution in [3.8, 4) is 5.75 Å². The minimum absolute atomic E-state index is 0.158. The Balaban J connectivity index is 1.52. The highest BCUT2D eigenvalue weighted by molar-refractivity contribution is 6.35. The third kappa shape index (κ3) is 3.23. The number of benzene rings is 1. The quantitative estimate of drug-likeness (QED) is 0.807. The van der Waals surface area contributed by atoms with Gasteiger partial charge >= 0.3 is 11.8 Å². The zero-order chi connectivity index (χ0) is 17.4. The van der Waals surface area contributed by atoms with Crippen LogP contribution in [0.5, 0.6) is 5.75 Å². The highest BCUT2D eigenvalue weighted by Gasteiger charge is 2.37. The summed E-state index contributed by atoms with van der Waals surface area (Å²) in [6.07, 6.45) is 3.78. The van der Waals surface area contributed by atoms with Crippen molar-refractivity contribution in [2.75, 3.05) is 19.7 Å². The number of fused-ring (bicyclic) bond motifs is 1. The number of carbonyl (C=O) groups excluding carboxylic acids is 2. The van der Waals surface area contributed by atoms with Crippen molar-refractivity contribution in [1.82, 2.24) is 10.2 Å². The molecule has 3 aliphatic rings. The van der Waals surface area contributed by atoms with E-state index in [2.05, 4.69) is 11.4 Å². The number of amides is 2. The zero-order valence-corrected chi connectivity index (χ0v) is 14.2. The molecule has 1 aliphatic carbocycles. The number of nitrogens with zero attached hydrogens (tertiary/aromatic N) is 1. The van der Waals surface area contributed by atoms with Crippen molar-refractivity contribution in [3.05, 3.63) is 29.3 Å². The molecule has 2 N–H and O–H groups in total. The maximum Gasteiger partial charge on any atom is 0.311 e. The van der Waals surface area contributed by atoms with E-state index in [1.807, 2.05) is 12.1 Å². The van der Waals surface area contributed by atoms with E-state index < -0.39 is 11.8 Å². The fourth-order valence-electron chi connectivity index (χ4n) is 4.04. The summed E-state index contributed by atoms with van der Waals surface area (Å²) in [6, 6.07) is 5.72. The van der Waals surface area contributed by atoms with Gasteiger partial charge in [0.15, 0.2) is 0 Å². The van der Waals surface area contributed by atoms with Crippen LogP contribution >= 0.6 is 0 Å². The van der Waals surface area contributed by atoms with Gasteiger partial charge in [-0.25, -0.2) is 0 Å². The maximum absolute atomic E-state index is 12.5. The summed E-state index contributed by atoms with van der Waals surface area (Å²) in [7, 11) is 0. The molecule has 2 aliphatic heterocycles. The van der Waals surface area contributed by atoms with Gasteiger partial charge in [-0.3, -0.25) is 9.59 Å². The van der Waals surface area contributed by atoms with E-state index in [1.165, 1.54) is 0 Å². The van der Waals surface area contributed by atoms with Crippen molar-refractivity contribution in [1.29, 1.82) is 0 Å². The van der Waals surface area contributed by atoms with Gasteiger partial charge in [-0.1, -0.05) is 6.07 Å². The van der Waals surface area contributed by atoms with Crippen molar-refractivity contribution in [3.63, 3.8) is 0 Å². The Morgan fingerprint density at radius 1 is 1.24 bits per heavy atom. The molecule has 0 aromatic heterocycles. The summed E-state index contributed by atoms with van der Waals surface area (Å²) >= 11 is 0. The van der Waals surface area contributed by atoms with E-state index in [1.54, 1.807) is 4.90 Å². The molecule has 25 heavy (non-hydrogen) atoms. The van der Waals surface area contributed by atoms with Crippen LogP contribution in [0.15, 0.2) is 18.2 Å². The summed E-state index contributed by atoms with van der Waals surface area (Å²) in [5.74, 6) is 0.0817. The lowest BCUT2D eigenvalue weighted by Gasteiger charge is -2.38. The number of rotatable bonds is 3. The fourth-order valence-corrected chi connectivity index (χ4v) is 4.04. The molecule has 2 amide bonds. The Morgan fingerprint density at radius 3 is 2.72 bits per heavy atom. The van der Waals surface area contributed by atoms with Gasteiger partial charge in [-0.2, -0.15) is 0 Å². The van der Waals surface area contributed by atoms with Crippen molar-refractivity contribution in [2.24, 2.45) is 5.92 Å². The molecule has 6 heteroatoms.